The Balaban J connectivity index is 1.82. The number of rotatable bonds is 7. The number of ether oxygens (including phenoxy) is 1. The summed E-state index contributed by atoms with van der Waals surface area (Å²) in [6, 6.07) is 18.5. The number of nitrogens with two attached hydrogens (primary N) is 1. The predicted molar refractivity (Wildman–Crippen MR) is 82.5 cm³/mol. The monoisotopic (exact) mass is 270 g/mol. The van der Waals surface area contributed by atoms with E-state index < -0.39 is 0 Å². The van der Waals surface area contributed by atoms with Gasteiger partial charge in [0.15, 0.2) is 0 Å². The van der Waals surface area contributed by atoms with E-state index in [0.717, 1.165) is 18.6 Å². The maximum absolute atomic E-state index is 5.71. The maximum atomic E-state index is 5.71. The van der Waals surface area contributed by atoms with Crippen LogP contribution in [0.5, 0.6) is 5.75 Å². The van der Waals surface area contributed by atoms with E-state index in [1.165, 1.54) is 11.1 Å². The van der Waals surface area contributed by atoms with Crippen molar-refractivity contribution in [2.75, 3.05) is 6.61 Å². The topological polar surface area (TPSA) is 47.3 Å². The third-order valence-corrected chi connectivity index (χ3v) is 3.44. The Bertz CT molecular complexity index is 513. The van der Waals surface area contributed by atoms with Gasteiger partial charge >= 0.3 is 0 Å². The highest BCUT2D eigenvalue weighted by Crippen LogP contribution is 2.12. The van der Waals surface area contributed by atoms with E-state index in [2.05, 4.69) is 36.6 Å². The molecule has 1 unspecified atom stereocenters. The van der Waals surface area contributed by atoms with Gasteiger partial charge in [0.1, 0.15) is 5.75 Å². The second-order valence-electron chi connectivity index (χ2n) is 4.94. The molecule has 3 heteroatoms. The summed E-state index contributed by atoms with van der Waals surface area (Å²) in [5.74, 6) is 6.55. The summed E-state index contributed by atoms with van der Waals surface area (Å²) in [6.07, 6.45) is 1.79. The minimum absolute atomic E-state index is 0.222. The molecule has 106 valence electrons. The molecule has 3 N–H and O–H groups in total. The van der Waals surface area contributed by atoms with E-state index in [-0.39, 0.29) is 6.04 Å². The lowest BCUT2D eigenvalue weighted by Crippen LogP contribution is -2.38. The lowest BCUT2D eigenvalue weighted by molar-refractivity contribution is 0.285. The van der Waals surface area contributed by atoms with Gasteiger partial charge in [-0.05, 0) is 43.0 Å². The molecular weight excluding hydrogens is 248 g/mol. The fourth-order valence-electron chi connectivity index (χ4n) is 2.18. The van der Waals surface area contributed by atoms with Crippen LogP contribution >= 0.6 is 0 Å². The average molecular weight is 270 g/mol. The highest BCUT2D eigenvalue weighted by atomic mass is 16.5. The molecule has 0 spiro atoms. The Labute approximate surface area is 120 Å². The first-order chi connectivity index (χ1) is 9.79. The molecule has 2 aromatic rings. The first kappa shape index (κ1) is 14.6. The predicted octanol–water partition coefficient (Wildman–Crippen LogP) is 2.84. The number of nitrogens with one attached hydrogen (secondary N) is 1. The van der Waals surface area contributed by atoms with Crippen LogP contribution in [0.4, 0.5) is 0 Å². The van der Waals surface area contributed by atoms with Gasteiger partial charge < -0.3 is 4.74 Å². The first-order valence-corrected chi connectivity index (χ1v) is 6.98. The van der Waals surface area contributed by atoms with Crippen molar-refractivity contribution in [2.24, 2.45) is 5.84 Å². The molecule has 0 heterocycles. The van der Waals surface area contributed by atoms with Gasteiger partial charge in [0, 0.05) is 6.04 Å². The SMILES string of the molecule is Cc1ccccc1CC(CCOc1ccccc1)NN. The number of para-hydroxylation sites is 1. The Morgan fingerprint density at radius 2 is 1.75 bits per heavy atom. The molecule has 2 rings (SSSR count). The number of hydrogen-bond acceptors (Lipinski definition) is 3. The summed E-state index contributed by atoms with van der Waals surface area (Å²) < 4.78 is 5.71. The van der Waals surface area contributed by atoms with Gasteiger partial charge in [-0.25, -0.2) is 0 Å². The van der Waals surface area contributed by atoms with Gasteiger partial charge in [-0.15, -0.1) is 0 Å². The minimum atomic E-state index is 0.222. The van der Waals surface area contributed by atoms with Gasteiger partial charge in [-0.2, -0.15) is 0 Å². The fourth-order valence-corrected chi connectivity index (χ4v) is 2.18. The van der Waals surface area contributed by atoms with Gasteiger partial charge in [0.05, 0.1) is 6.61 Å². The molecule has 0 fully saturated rings. The molecule has 0 radical (unpaired) electrons. The number of hydrogen-bond donors (Lipinski definition) is 2. The highest BCUT2D eigenvalue weighted by Gasteiger charge is 2.09. The van der Waals surface area contributed by atoms with Gasteiger partial charge in [-0.1, -0.05) is 42.5 Å². The summed E-state index contributed by atoms with van der Waals surface area (Å²) in [7, 11) is 0. The molecule has 0 aliphatic rings. The van der Waals surface area contributed by atoms with E-state index in [1.54, 1.807) is 0 Å². The van der Waals surface area contributed by atoms with Crippen LogP contribution in [0.2, 0.25) is 0 Å². The van der Waals surface area contributed by atoms with Crippen molar-refractivity contribution in [3.63, 3.8) is 0 Å². The molecule has 0 aromatic heterocycles. The van der Waals surface area contributed by atoms with Crippen LogP contribution in [-0.2, 0) is 6.42 Å². The van der Waals surface area contributed by atoms with Crippen LogP contribution in [0.3, 0.4) is 0 Å². The molecule has 0 bridgehead atoms. The van der Waals surface area contributed by atoms with Gasteiger partial charge in [-0.3, -0.25) is 11.3 Å². The lowest BCUT2D eigenvalue weighted by atomic mass is 10.00. The second-order valence-corrected chi connectivity index (χ2v) is 4.94. The van der Waals surface area contributed by atoms with Crippen molar-refractivity contribution in [1.82, 2.24) is 5.43 Å². The Hall–Kier alpha value is -1.84. The fraction of sp³-hybridized carbons (Fsp3) is 0.294. The molecule has 0 amide bonds. The third-order valence-electron chi connectivity index (χ3n) is 3.44. The second kappa shape index (κ2) is 7.68. The van der Waals surface area contributed by atoms with Crippen LogP contribution < -0.4 is 16.0 Å². The molecule has 1 atom stereocenters. The summed E-state index contributed by atoms with van der Waals surface area (Å²) in [5, 5.41) is 0. The number of aryl methyl sites for hydroxylation is 1. The van der Waals surface area contributed by atoms with E-state index in [0.29, 0.717) is 6.61 Å². The standard InChI is InChI=1S/C17H22N2O/c1-14-7-5-6-8-15(14)13-16(19-18)11-12-20-17-9-3-2-4-10-17/h2-10,16,19H,11-13,18H2,1H3. The summed E-state index contributed by atoms with van der Waals surface area (Å²) in [4.78, 5) is 0. The summed E-state index contributed by atoms with van der Waals surface area (Å²) in [5.41, 5.74) is 5.52. The van der Waals surface area contributed by atoms with Crippen LogP contribution in [-0.4, -0.2) is 12.6 Å². The molecule has 0 aliphatic carbocycles. The smallest absolute Gasteiger partial charge is 0.119 e. The van der Waals surface area contributed by atoms with E-state index in [1.807, 2.05) is 30.3 Å². The van der Waals surface area contributed by atoms with Crippen molar-refractivity contribution in [1.29, 1.82) is 0 Å². The molecule has 0 saturated carbocycles. The van der Waals surface area contributed by atoms with Crippen molar-refractivity contribution in [3.8, 4) is 5.75 Å². The van der Waals surface area contributed by atoms with Crippen molar-refractivity contribution < 1.29 is 4.74 Å². The highest BCUT2D eigenvalue weighted by molar-refractivity contribution is 5.26. The van der Waals surface area contributed by atoms with Crippen LogP contribution in [0.15, 0.2) is 54.6 Å². The zero-order valence-corrected chi connectivity index (χ0v) is 11.9. The van der Waals surface area contributed by atoms with Crippen molar-refractivity contribution in [2.45, 2.75) is 25.8 Å². The Kier molecular flexibility index (Phi) is 5.59. The van der Waals surface area contributed by atoms with Crippen LogP contribution in [0, 0.1) is 6.92 Å². The normalized spacial score (nSPS) is 12.1. The largest absolute Gasteiger partial charge is 0.494 e. The van der Waals surface area contributed by atoms with E-state index in [4.69, 9.17) is 10.6 Å². The van der Waals surface area contributed by atoms with Crippen LogP contribution in [0.25, 0.3) is 0 Å². The number of benzene rings is 2. The van der Waals surface area contributed by atoms with Crippen LogP contribution in [0.1, 0.15) is 17.5 Å². The van der Waals surface area contributed by atoms with Crippen molar-refractivity contribution in [3.05, 3.63) is 65.7 Å². The molecular formula is C17H22N2O. The zero-order valence-electron chi connectivity index (χ0n) is 11.9. The lowest BCUT2D eigenvalue weighted by Gasteiger charge is -2.17. The van der Waals surface area contributed by atoms with Gasteiger partial charge in [0.25, 0.3) is 0 Å². The maximum Gasteiger partial charge on any atom is 0.119 e. The quantitative estimate of drug-likeness (QED) is 0.601. The van der Waals surface area contributed by atoms with E-state index in [9.17, 15) is 0 Å². The Morgan fingerprint density at radius 1 is 1.05 bits per heavy atom. The first-order valence-electron chi connectivity index (χ1n) is 6.98. The molecule has 0 saturated heterocycles. The summed E-state index contributed by atoms with van der Waals surface area (Å²) in [6.45, 7) is 2.79. The number of hydrazine groups is 1. The zero-order chi connectivity index (χ0) is 14.2. The van der Waals surface area contributed by atoms with Crippen molar-refractivity contribution >= 4 is 0 Å². The third kappa shape index (κ3) is 4.37. The summed E-state index contributed by atoms with van der Waals surface area (Å²) >= 11 is 0. The molecule has 0 aliphatic heterocycles. The molecule has 3 nitrogen and oxygen atoms in total. The minimum Gasteiger partial charge on any atom is -0.494 e. The Morgan fingerprint density at radius 3 is 2.45 bits per heavy atom. The molecule has 2 aromatic carbocycles. The van der Waals surface area contributed by atoms with E-state index >= 15 is 0 Å². The molecule has 20 heavy (non-hydrogen) atoms. The average Bonchev–Trinajstić information content (AvgIpc) is 2.49. The van der Waals surface area contributed by atoms with Gasteiger partial charge in [0.2, 0.25) is 0 Å².